The van der Waals surface area contributed by atoms with E-state index >= 15 is 0 Å². The molecule has 0 amide bonds. The second-order valence-electron chi connectivity index (χ2n) is 4.49. The topological polar surface area (TPSA) is 52.7 Å². The summed E-state index contributed by atoms with van der Waals surface area (Å²) in [4.78, 5) is 4.84. The summed E-state index contributed by atoms with van der Waals surface area (Å²) in [6.07, 6.45) is 1.65. The van der Waals surface area contributed by atoms with E-state index < -0.39 is 0 Å². The molecule has 0 bridgehead atoms. The fraction of sp³-hybridized carbons (Fsp3) is 1.00. The molecule has 4 heteroatoms. The fourth-order valence-electron chi connectivity index (χ4n) is 1.94. The lowest BCUT2D eigenvalue weighted by molar-refractivity contribution is 0.146. The monoisotopic (exact) mass is 245 g/mol. The molecule has 0 aromatic carbocycles. The van der Waals surface area contributed by atoms with Crippen LogP contribution in [0.5, 0.6) is 0 Å². The maximum absolute atomic E-state index is 9.43. The molecule has 0 saturated carbocycles. The quantitative estimate of drug-likeness (QED) is 0.564. The Labute approximate surface area is 107 Å². The van der Waals surface area contributed by atoms with Crippen LogP contribution in [0.3, 0.4) is 0 Å². The van der Waals surface area contributed by atoms with Gasteiger partial charge >= 0.3 is 0 Å². The standard InChI is InChI=1S/C13H31N3O/c1-4-15(5-2)9-7-10-16(6-3)11-8-13(17)12-14/h13,17H,4-12,14H2,1-3H3. The number of aliphatic hydroxyl groups excluding tert-OH is 1. The predicted octanol–water partition coefficient (Wildman–Crippen LogP) is 0.750. The molecule has 1 atom stereocenters. The first-order valence-corrected chi connectivity index (χ1v) is 7.00. The van der Waals surface area contributed by atoms with Gasteiger partial charge in [-0.1, -0.05) is 20.8 Å². The summed E-state index contributed by atoms with van der Waals surface area (Å²) in [6, 6.07) is 0. The Bertz CT molecular complexity index is 163. The number of nitrogens with two attached hydrogens (primary N) is 1. The molecule has 17 heavy (non-hydrogen) atoms. The predicted molar refractivity (Wildman–Crippen MR) is 74.2 cm³/mol. The average Bonchev–Trinajstić information content (AvgIpc) is 2.37. The number of aliphatic hydroxyl groups is 1. The molecule has 0 heterocycles. The third-order valence-electron chi connectivity index (χ3n) is 3.34. The van der Waals surface area contributed by atoms with Crippen LogP contribution >= 0.6 is 0 Å². The second-order valence-corrected chi connectivity index (χ2v) is 4.49. The molecule has 0 aromatic heterocycles. The van der Waals surface area contributed by atoms with E-state index in [9.17, 15) is 5.11 Å². The molecule has 4 nitrogen and oxygen atoms in total. The van der Waals surface area contributed by atoms with Crippen molar-refractivity contribution in [2.45, 2.75) is 39.7 Å². The summed E-state index contributed by atoms with van der Waals surface area (Å²) in [5.41, 5.74) is 5.40. The zero-order chi connectivity index (χ0) is 13.1. The van der Waals surface area contributed by atoms with Gasteiger partial charge in [0.25, 0.3) is 0 Å². The zero-order valence-electron chi connectivity index (χ0n) is 11.9. The van der Waals surface area contributed by atoms with Crippen LogP contribution in [-0.4, -0.2) is 66.8 Å². The van der Waals surface area contributed by atoms with E-state index in [2.05, 4.69) is 30.6 Å². The zero-order valence-corrected chi connectivity index (χ0v) is 11.9. The minimum Gasteiger partial charge on any atom is -0.392 e. The summed E-state index contributed by atoms with van der Waals surface area (Å²) in [6.45, 7) is 13.5. The summed E-state index contributed by atoms with van der Waals surface area (Å²) < 4.78 is 0. The summed E-state index contributed by atoms with van der Waals surface area (Å²) in [5.74, 6) is 0. The highest BCUT2D eigenvalue weighted by Gasteiger charge is 2.07. The van der Waals surface area contributed by atoms with E-state index in [4.69, 9.17) is 5.73 Å². The first kappa shape index (κ1) is 16.8. The van der Waals surface area contributed by atoms with E-state index in [1.165, 1.54) is 13.0 Å². The third-order valence-corrected chi connectivity index (χ3v) is 3.34. The molecule has 0 spiro atoms. The van der Waals surface area contributed by atoms with E-state index in [1.54, 1.807) is 0 Å². The van der Waals surface area contributed by atoms with Gasteiger partial charge < -0.3 is 20.6 Å². The lowest BCUT2D eigenvalue weighted by atomic mass is 10.2. The molecule has 0 aliphatic carbocycles. The Hall–Kier alpha value is -0.160. The van der Waals surface area contributed by atoms with Crippen LogP contribution in [-0.2, 0) is 0 Å². The maximum atomic E-state index is 9.43. The van der Waals surface area contributed by atoms with Gasteiger partial charge in [0.05, 0.1) is 6.10 Å². The molecule has 0 rings (SSSR count). The van der Waals surface area contributed by atoms with Crippen molar-refractivity contribution in [3.63, 3.8) is 0 Å². The van der Waals surface area contributed by atoms with Crippen molar-refractivity contribution in [3.8, 4) is 0 Å². The van der Waals surface area contributed by atoms with E-state index in [0.29, 0.717) is 6.54 Å². The molecular formula is C13H31N3O. The Morgan fingerprint density at radius 3 is 1.94 bits per heavy atom. The van der Waals surface area contributed by atoms with Gasteiger partial charge in [-0.15, -0.1) is 0 Å². The van der Waals surface area contributed by atoms with Crippen LogP contribution in [0.4, 0.5) is 0 Å². The van der Waals surface area contributed by atoms with Gasteiger partial charge in [-0.2, -0.15) is 0 Å². The summed E-state index contributed by atoms with van der Waals surface area (Å²) in [5, 5.41) is 9.43. The van der Waals surface area contributed by atoms with Gasteiger partial charge in [0.1, 0.15) is 0 Å². The van der Waals surface area contributed by atoms with Crippen molar-refractivity contribution in [1.82, 2.24) is 9.80 Å². The summed E-state index contributed by atoms with van der Waals surface area (Å²) in [7, 11) is 0. The Morgan fingerprint density at radius 1 is 0.941 bits per heavy atom. The van der Waals surface area contributed by atoms with Gasteiger partial charge in [-0.3, -0.25) is 0 Å². The molecule has 0 saturated heterocycles. The van der Waals surface area contributed by atoms with Gasteiger partial charge in [0, 0.05) is 13.1 Å². The van der Waals surface area contributed by atoms with Gasteiger partial charge in [0.15, 0.2) is 0 Å². The highest BCUT2D eigenvalue weighted by Crippen LogP contribution is 1.99. The molecule has 0 aliphatic heterocycles. The highest BCUT2D eigenvalue weighted by molar-refractivity contribution is 4.63. The minimum absolute atomic E-state index is 0.341. The summed E-state index contributed by atoms with van der Waals surface area (Å²) >= 11 is 0. The fourth-order valence-corrected chi connectivity index (χ4v) is 1.94. The van der Waals surface area contributed by atoms with Crippen LogP contribution < -0.4 is 5.73 Å². The van der Waals surface area contributed by atoms with E-state index in [1.807, 2.05) is 0 Å². The Balaban J connectivity index is 3.67. The Morgan fingerprint density at radius 2 is 1.47 bits per heavy atom. The average molecular weight is 245 g/mol. The number of rotatable bonds is 11. The second kappa shape index (κ2) is 11.0. The van der Waals surface area contributed by atoms with Crippen LogP contribution in [0.1, 0.15) is 33.6 Å². The van der Waals surface area contributed by atoms with Gasteiger partial charge in [-0.25, -0.2) is 0 Å². The lowest BCUT2D eigenvalue weighted by Crippen LogP contribution is -2.33. The van der Waals surface area contributed by atoms with Crippen LogP contribution in [0, 0.1) is 0 Å². The Kier molecular flexibility index (Phi) is 10.9. The van der Waals surface area contributed by atoms with Crippen molar-refractivity contribution < 1.29 is 5.11 Å². The van der Waals surface area contributed by atoms with E-state index in [0.717, 1.165) is 39.1 Å². The van der Waals surface area contributed by atoms with Crippen molar-refractivity contribution in [2.75, 3.05) is 45.8 Å². The molecule has 104 valence electrons. The smallest absolute Gasteiger partial charge is 0.0674 e. The SMILES string of the molecule is CCN(CC)CCCN(CC)CCC(O)CN. The van der Waals surface area contributed by atoms with Crippen LogP contribution in [0.15, 0.2) is 0 Å². The molecular weight excluding hydrogens is 214 g/mol. The number of nitrogens with zero attached hydrogens (tertiary/aromatic N) is 2. The molecule has 3 N–H and O–H groups in total. The third kappa shape index (κ3) is 8.55. The number of hydrogen-bond donors (Lipinski definition) is 2. The lowest BCUT2D eigenvalue weighted by Gasteiger charge is -2.24. The van der Waals surface area contributed by atoms with Crippen molar-refractivity contribution in [2.24, 2.45) is 5.73 Å². The van der Waals surface area contributed by atoms with Gasteiger partial charge in [-0.05, 0) is 45.6 Å². The normalized spacial score (nSPS) is 13.6. The molecule has 0 aliphatic rings. The molecule has 0 fully saturated rings. The van der Waals surface area contributed by atoms with E-state index in [-0.39, 0.29) is 6.10 Å². The minimum atomic E-state index is -0.341. The van der Waals surface area contributed by atoms with Gasteiger partial charge in [0.2, 0.25) is 0 Å². The molecule has 0 aromatic rings. The first-order chi connectivity index (χ1) is 8.17. The number of hydrogen-bond acceptors (Lipinski definition) is 4. The largest absolute Gasteiger partial charge is 0.392 e. The highest BCUT2D eigenvalue weighted by atomic mass is 16.3. The van der Waals surface area contributed by atoms with Crippen LogP contribution in [0.25, 0.3) is 0 Å². The van der Waals surface area contributed by atoms with Crippen molar-refractivity contribution >= 4 is 0 Å². The maximum Gasteiger partial charge on any atom is 0.0674 e. The van der Waals surface area contributed by atoms with Crippen LogP contribution in [0.2, 0.25) is 0 Å². The first-order valence-electron chi connectivity index (χ1n) is 7.00. The molecule has 1 unspecified atom stereocenters. The van der Waals surface area contributed by atoms with Crippen molar-refractivity contribution in [3.05, 3.63) is 0 Å². The molecule has 0 radical (unpaired) electrons. The van der Waals surface area contributed by atoms with Crippen molar-refractivity contribution in [1.29, 1.82) is 0 Å².